The first-order valence-corrected chi connectivity index (χ1v) is 7.12. The van der Waals surface area contributed by atoms with Crippen molar-refractivity contribution in [1.29, 1.82) is 0 Å². The standard InChI is InChI=1S/C14H14N2O2S/c17-14(18)11-3-1-5-13(15-11)16-7-2-4-12-10(9-16)6-8-19-12/h1,3,5-6,8H,2,4,7,9H2,(H,17,18). The smallest absolute Gasteiger partial charge is 0.354 e. The third-order valence-corrected chi connectivity index (χ3v) is 4.33. The molecule has 4 nitrogen and oxygen atoms in total. The van der Waals surface area contributed by atoms with Gasteiger partial charge in [0.1, 0.15) is 5.82 Å². The summed E-state index contributed by atoms with van der Waals surface area (Å²) in [6, 6.07) is 7.31. The van der Waals surface area contributed by atoms with E-state index in [-0.39, 0.29) is 5.69 Å². The number of anilines is 1. The number of rotatable bonds is 2. The van der Waals surface area contributed by atoms with Crippen molar-refractivity contribution in [3.8, 4) is 0 Å². The van der Waals surface area contributed by atoms with Crippen LogP contribution in [-0.4, -0.2) is 22.6 Å². The number of thiophene rings is 1. The van der Waals surface area contributed by atoms with Crippen molar-refractivity contribution < 1.29 is 9.90 Å². The van der Waals surface area contributed by atoms with Gasteiger partial charge in [-0.1, -0.05) is 6.07 Å². The van der Waals surface area contributed by atoms with Crippen molar-refractivity contribution in [2.45, 2.75) is 19.4 Å². The van der Waals surface area contributed by atoms with Crippen LogP contribution in [0.15, 0.2) is 29.6 Å². The van der Waals surface area contributed by atoms with Crippen molar-refractivity contribution in [1.82, 2.24) is 4.98 Å². The van der Waals surface area contributed by atoms with Crippen LogP contribution in [0, 0.1) is 0 Å². The first-order valence-electron chi connectivity index (χ1n) is 6.24. The summed E-state index contributed by atoms with van der Waals surface area (Å²) in [7, 11) is 0. The molecular weight excluding hydrogens is 260 g/mol. The predicted molar refractivity (Wildman–Crippen MR) is 74.9 cm³/mol. The van der Waals surface area contributed by atoms with Crippen LogP contribution in [0.1, 0.15) is 27.3 Å². The molecule has 0 aliphatic carbocycles. The number of hydrogen-bond acceptors (Lipinski definition) is 4. The monoisotopic (exact) mass is 274 g/mol. The molecule has 1 aliphatic rings. The van der Waals surface area contributed by atoms with Crippen LogP contribution in [0.25, 0.3) is 0 Å². The lowest BCUT2D eigenvalue weighted by molar-refractivity contribution is 0.0690. The Hall–Kier alpha value is -1.88. The molecule has 0 atom stereocenters. The Bertz CT molecular complexity index is 609. The average molecular weight is 274 g/mol. The van der Waals surface area contributed by atoms with Gasteiger partial charge in [-0.15, -0.1) is 11.3 Å². The van der Waals surface area contributed by atoms with Crippen LogP contribution < -0.4 is 4.90 Å². The van der Waals surface area contributed by atoms with Crippen LogP contribution in [0.5, 0.6) is 0 Å². The minimum Gasteiger partial charge on any atom is -0.477 e. The molecular formula is C14H14N2O2S. The van der Waals surface area contributed by atoms with Crippen LogP contribution in [0.2, 0.25) is 0 Å². The summed E-state index contributed by atoms with van der Waals surface area (Å²) < 4.78 is 0. The minimum atomic E-state index is -0.979. The van der Waals surface area contributed by atoms with Crippen molar-refractivity contribution in [2.24, 2.45) is 0 Å². The maximum Gasteiger partial charge on any atom is 0.354 e. The highest BCUT2D eigenvalue weighted by molar-refractivity contribution is 7.10. The third-order valence-electron chi connectivity index (χ3n) is 3.31. The van der Waals surface area contributed by atoms with Gasteiger partial charge in [0.25, 0.3) is 0 Å². The summed E-state index contributed by atoms with van der Waals surface area (Å²) in [5.74, 6) is -0.230. The average Bonchev–Trinajstić information content (AvgIpc) is 2.76. The molecule has 0 radical (unpaired) electrons. The molecule has 0 bridgehead atoms. The summed E-state index contributed by atoms with van der Waals surface area (Å²) in [4.78, 5) is 18.8. The van der Waals surface area contributed by atoms with Crippen molar-refractivity contribution in [3.05, 3.63) is 45.8 Å². The zero-order valence-corrected chi connectivity index (χ0v) is 11.2. The Labute approximate surface area is 115 Å². The molecule has 98 valence electrons. The largest absolute Gasteiger partial charge is 0.477 e. The van der Waals surface area contributed by atoms with Gasteiger partial charge in [0, 0.05) is 18.0 Å². The molecule has 0 aromatic carbocycles. The van der Waals surface area contributed by atoms with E-state index in [4.69, 9.17) is 5.11 Å². The molecule has 19 heavy (non-hydrogen) atoms. The number of nitrogens with zero attached hydrogens (tertiary/aromatic N) is 2. The number of aromatic carboxylic acids is 1. The second kappa shape index (κ2) is 5.01. The molecule has 0 fully saturated rings. The zero-order chi connectivity index (χ0) is 13.2. The zero-order valence-electron chi connectivity index (χ0n) is 10.4. The highest BCUT2D eigenvalue weighted by atomic mass is 32.1. The summed E-state index contributed by atoms with van der Waals surface area (Å²) >= 11 is 1.80. The van der Waals surface area contributed by atoms with E-state index in [1.807, 2.05) is 6.07 Å². The SMILES string of the molecule is O=C(O)c1cccc(N2CCCc3sccc3C2)n1. The van der Waals surface area contributed by atoms with E-state index < -0.39 is 5.97 Å². The lowest BCUT2D eigenvalue weighted by atomic mass is 10.2. The maximum absolute atomic E-state index is 11.0. The Morgan fingerprint density at radius 3 is 3.11 bits per heavy atom. The second-order valence-electron chi connectivity index (χ2n) is 4.58. The van der Waals surface area contributed by atoms with E-state index in [9.17, 15) is 4.79 Å². The molecule has 0 saturated carbocycles. The molecule has 0 saturated heterocycles. The minimum absolute atomic E-state index is 0.104. The van der Waals surface area contributed by atoms with E-state index in [1.165, 1.54) is 16.5 Å². The molecule has 2 aromatic heterocycles. The quantitative estimate of drug-likeness (QED) is 0.915. The number of pyridine rings is 1. The number of carboxylic acids is 1. The third kappa shape index (κ3) is 2.46. The molecule has 2 aromatic rings. The highest BCUT2D eigenvalue weighted by Gasteiger charge is 2.17. The van der Waals surface area contributed by atoms with E-state index in [1.54, 1.807) is 17.4 Å². The molecule has 0 spiro atoms. The van der Waals surface area contributed by atoms with Gasteiger partial charge in [0.15, 0.2) is 5.69 Å². The normalized spacial score (nSPS) is 14.8. The van der Waals surface area contributed by atoms with Crippen molar-refractivity contribution in [2.75, 3.05) is 11.4 Å². The van der Waals surface area contributed by atoms with Crippen LogP contribution >= 0.6 is 11.3 Å². The van der Waals surface area contributed by atoms with E-state index >= 15 is 0 Å². The van der Waals surface area contributed by atoms with Crippen molar-refractivity contribution >= 4 is 23.1 Å². The van der Waals surface area contributed by atoms with Crippen LogP contribution in [0.4, 0.5) is 5.82 Å². The number of hydrogen-bond donors (Lipinski definition) is 1. The number of aryl methyl sites for hydroxylation is 1. The Morgan fingerprint density at radius 2 is 2.26 bits per heavy atom. The summed E-state index contributed by atoms with van der Waals surface area (Å²) in [5.41, 5.74) is 1.44. The topological polar surface area (TPSA) is 53.4 Å². The summed E-state index contributed by atoms with van der Waals surface area (Å²) in [6.45, 7) is 1.73. The summed E-state index contributed by atoms with van der Waals surface area (Å²) in [5, 5.41) is 11.1. The molecule has 1 N–H and O–H groups in total. The molecule has 0 unspecified atom stereocenters. The van der Waals surface area contributed by atoms with Gasteiger partial charge in [0.2, 0.25) is 0 Å². The number of aromatic nitrogens is 1. The molecule has 3 rings (SSSR count). The lowest BCUT2D eigenvalue weighted by Crippen LogP contribution is -2.24. The molecule has 1 aliphatic heterocycles. The first-order chi connectivity index (χ1) is 9.24. The maximum atomic E-state index is 11.0. The van der Waals surface area contributed by atoms with Gasteiger partial charge < -0.3 is 10.0 Å². The fraction of sp³-hybridized carbons (Fsp3) is 0.286. The van der Waals surface area contributed by atoms with Crippen LogP contribution in [-0.2, 0) is 13.0 Å². The van der Waals surface area contributed by atoms with Gasteiger partial charge in [-0.05, 0) is 42.0 Å². The molecule has 5 heteroatoms. The van der Waals surface area contributed by atoms with Crippen LogP contribution in [0.3, 0.4) is 0 Å². The predicted octanol–water partition coefficient (Wildman–Crippen LogP) is 2.79. The Balaban J connectivity index is 1.90. The van der Waals surface area contributed by atoms with E-state index in [0.717, 1.165) is 31.7 Å². The fourth-order valence-electron chi connectivity index (χ4n) is 2.36. The van der Waals surface area contributed by atoms with Gasteiger partial charge >= 0.3 is 5.97 Å². The van der Waals surface area contributed by atoms with Crippen molar-refractivity contribution in [3.63, 3.8) is 0 Å². The summed E-state index contributed by atoms with van der Waals surface area (Å²) in [6.07, 6.45) is 2.18. The number of fused-ring (bicyclic) bond motifs is 1. The Morgan fingerprint density at radius 1 is 1.37 bits per heavy atom. The molecule has 0 amide bonds. The van der Waals surface area contributed by atoms with Gasteiger partial charge in [-0.3, -0.25) is 0 Å². The van der Waals surface area contributed by atoms with E-state index in [2.05, 4.69) is 21.3 Å². The molecule has 3 heterocycles. The Kier molecular flexibility index (Phi) is 3.21. The van der Waals surface area contributed by atoms with E-state index in [0.29, 0.717) is 0 Å². The van der Waals surface area contributed by atoms with Gasteiger partial charge in [-0.2, -0.15) is 0 Å². The van der Waals surface area contributed by atoms with Gasteiger partial charge in [-0.25, -0.2) is 9.78 Å². The first kappa shape index (κ1) is 12.2. The lowest BCUT2D eigenvalue weighted by Gasteiger charge is -2.21. The highest BCUT2D eigenvalue weighted by Crippen LogP contribution is 2.26. The second-order valence-corrected chi connectivity index (χ2v) is 5.58. The van der Waals surface area contributed by atoms with Gasteiger partial charge in [0.05, 0.1) is 0 Å². The number of carboxylic acid groups (broad SMARTS) is 1. The number of carbonyl (C=O) groups is 1. The fourth-order valence-corrected chi connectivity index (χ4v) is 3.30.